The molecule has 1 N–H and O–H groups in total. The quantitative estimate of drug-likeness (QED) is 0.697. The molecule has 0 radical (unpaired) electrons. The standard InChI is InChI=1S/C16H19N3OS/c1-20-15-8-7-11(10-17-15)9-14-18-13-6-4-2-3-5-12(13)16(21)19-14/h7-8,10H,2-6,9H2,1H3,(H,18,19,21). The Bertz CT molecular complexity index is 679. The molecule has 21 heavy (non-hydrogen) atoms. The van der Waals surface area contributed by atoms with Crippen LogP contribution in [0.4, 0.5) is 0 Å². The van der Waals surface area contributed by atoms with Gasteiger partial charge in [-0.1, -0.05) is 24.7 Å². The van der Waals surface area contributed by atoms with Crippen LogP contribution in [-0.2, 0) is 19.3 Å². The third-order valence-electron chi connectivity index (χ3n) is 3.89. The first-order valence-electron chi connectivity index (χ1n) is 7.36. The molecule has 1 aliphatic rings. The number of hydrogen-bond donors (Lipinski definition) is 1. The molecule has 3 rings (SSSR count). The van der Waals surface area contributed by atoms with Crippen molar-refractivity contribution in [1.29, 1.82) is 0 Å². The van der Waals surface area contributed by atoms with Crippen LogP contribution in [-0.4, -0.2) is 22.1 Å². The lowest BCUT2D eigenvalue weighted by Crippen LogP contribution is -2.05. The highest BCUT2D eigenvalue weighted by atomic mass is 32.1. The van der Waals surface area contributed by atoms with E-state index >= 15 is 0 Å². The van der Waals surface area contributed by atoms with Gasteiger partial charge >= 0.3 is 0 Å². The van der Waals surface area contributed by atoms with Gasteiger partial charge in [0.05, 0.1) is 7.11 Å². The van der Waals surface area contributed by atoms with Crippen LogP contribution in [0.3, 0.4) is 0 Å². The molecular weight excluding hydrogens is 282 g/mol. The number of nitrogens with zero attached hydrogens (tertiary/aromatic N) is 2. The molecule has 0 atom stereocenters. The number of hydrogen-bond acceptors (Lipinski definition) is 4. The molecule has 2 aromatic rings. The summed E-state index contributed by atoms with van der Waals surface area (Å²) in [5, 5.41) is 0. The molecule has 1 aliphatic carbocycles. The van der Waals surface area contributed by atoms with Crippen molar-refractivity contribution in [2.75, 3.05) is 7.11 Å². The Morgan fingerprint density at radius 2 is 2.10 bits per heavy atom. The van der Waals surface area contributed by atoms with E-state index in [0.29, 0.717) is 12.3 Å². The van der Waals surface area contributed by atoms with Crippen LogP contribution in [0.5, 0.6) is 5.88 Å². The zero-order chi connectivity index (χ0) is 14.7. The van der Waals surface area contributed by atoms with Crippen molar-refractivity contribution in [1.82, 2.24) is 15.0 Å². The summed E-state index contributed by atoms with van der Waals surface area (Å²) >= 11 is 5.48. The van der Waals surface area contributed by atoms with Crippen molar-refractivity contribution in [3.8, 4) is 5.88 Å². The second kappa shape index (κ2) is 6.35. The molecule has 5 heteroatoms. The van der Waals surface area contributed by atoms with Crippen molar-refractivity contribution in [3.05, 3.63) is 45.6 Å². The van der Waals surface area contributed by atoms with E-state index in [4.69, 9.17) is 17.0 Å². The van der Waals surface area contributed by atoms with Crippen molar-refractivity contribution in [2.45, 2.75) is 38.5 Å². The SMILES string of the molecule is COc1ccc(Cc2nc(=S)c3c([nH]2)CCCCC3)cn1. The lowest BCUT2D eigenvalue weighted by Gasteiger charge is -2.09. The summed E-state index contributed by atoms with van der Waals surface area (Å²) in [4.78, 5) is 12.3. The Morgan fingerprint density at radius 1 is 1.24 bits per heavy atom. The maximum Gasteiger partial charge on any atom is 0.212 e. The maximum absolute atomic E-state index is 5.48. The minimum atomic E-state index is 0.626. The van der Waals surface area contributed by atoms with Gasteiger partial charge < -0.3 is 9.72 Å². The fourth-order valence-corrected chi connectivity index (χ4v) is 3.10. The molecule has 4 nitrogen and oxygen atoms in total. The molecule has 0 saturated carbocycles. The van der Waals surface area contributed by atoms with E-state index in [1.54, 1.807) is 7.11 Å². The van der Waals surface area contributed by atoms with Crippen molar-refractivity contribution in [3.63, 3.8) is 0 Å². The Labute approximate surface area is 129 Å². The Kier molecular flexibility index (Phi) is 4.29. The van der Waals surface area contributed by atoms with E-state index in [1.807, 2.05) is 18.3 Å². The predicted octanol–water partition coefficient (Wildman–Crippen LogP) is 3.40. The zero-order valence-corrected chi connectivity index (χ0v) is 13.0. The summed E-state index contributed by atoms with van der Waals surface area (Å²) in [6.45, 7) is 0. The summed E-state index contributed by atoms with van der Waals surface area (Å²) in [5.74, 6) is 1.55. The Morgan fingerprint density at radius 3 is 2.86 bits per heavy atom. The third kappa shape index (κ3) is 3.29. The lowest BCUT2D eigenvalue weighted by molar-refractivity contribution is 0.397. The number of aromatic nitrogens is 3. The van der Waals surface area contributed by atoms with Gasteiger partial charge in [-0.25, -0.2) is 9.97 Å². The van der Waals surface area contributed by atoms with Gasteiger partial charge in [0.2, 0.25) is 5.88 Å². The normalized spacial score (nSPS) is 14.3. The van der Waals surface area contributed by atoms with Crippen LogP contribution < -0.4 is 4.74 Å². The van der Waals surface area contributed by atoms with Gasteiger partial charge in [-0.3, -0.25) is 0 Å². The highest BCUT2D eigenvalue weighted by molar-refractivity contribution is 7.71. The van der Waals surface area contributed by atoms with E-state index in [2.05, 4.69) is 15.0 Å². The number of nitrogens with one attached hydrogen (secondary N) is 1. The number of fused-ring (bicyclic) bond motifs is 1. The number of H-pyrrole nitrogens is 1. The first-order valence-corrected chi connectivity index (χ1v) is 7.77. The van der Waals surface area contributed by atoms with Crippen LogP contribution in [0.1, 0.15) is 41.9 Å². The maximum atomic E-state index is 5.48. The van der Waals surface area contributed by atoms with Crippen molar-refractivity contribution >= 4 is 12.2 Å². The number of ether oxygens (including phenoxy) is 1. The smallest absolute Gasteiger partial charge is 0.212 e. The number of pyridine rings is 1. The first-order chi connectivity index (χ1) is 10.3. The van der Waals surface area contributed by atoms with E-state index in [0.717, 1.165) is 28.9 Å². The molecule has 2 aromatic heterocycles. The molecule has 0 saturated heterocycles. The minimum absolute atomic E-state index is 0.626. The molecule has 0 unspecified atom stereocenters. The Hall–Kier alpha value is -1.75. The highest BCUT2D eigenvalue weighted by Crippen LogP contribution is 2.20. The van der Waals surface area contributed by atoms with Crippen molar-refractivity contribution in [2.24, 2.45) is 0 Å². The molecular formula is C16H19N3OS. The largest absolute Gasteiger partial charge is 0.481 e. The lowest BCUT2D eigenvalue weighted by atomic mass is 10.1. The monoisotopic (exact) mass is 301 g/mol. The number of aromatic amines is 1. The molecule has 0 bridgehead atoms. The fraction of sp³-hybridized carbons (Fsp3) is 0.438. The number of rotatable bonds is 3. The summed E-state index contributed by atoms with van der Waals surface area (Å²) in [6.07, 6.45) is 8.39. The van der Waals surface area contributed by atoms with Crippen LogP contribution in [0, 0.1) is 4.64 Å². The van der Waals surface area contributed by atoms with Gasteiger partial charge in [0.1, 0.15) is 10.5 Å². The van der Waals surface area contributed by atoms with Gasteiger partial charge in [0, 0.05) is 29.9 Å². The minimum Gasteiger partial charge on any atom is -0.481 e. The summed E-state index contributed by atoms with van der Waals surface area (Å²) in [7, 11) is 1.62. The topological polar surface area (TPSA) is 50.8 Å². The second-order valence-electron chi connectivity index (χ2n) is 5.39. The van der Waals surface area contributed by atoms with E-state index < -0.39 is 0 Å². The molecule has 0 fully saturated rings. The van der Waals surface area contributed by atoms with Crippen LogP contribution in [0.2, 0.25) is 0 Å². The fourth-order valence-electron chi connectivity index (χ4n) is 2.76. The summed E-state index contributed by atoms with van der Waals surface area (Å²) in [5.41, 5.74) is 3.63. The van der Waals surface area contributed by atoms with E-state index in [-0.39, 0.29) is 0 Å². The van der Waals surface area contributed by atoms with Gasteiger partial charge in [-0.15, -0.1) is 0 Å². The Balaban J connectivity index is 1.87. The predicted molar refractivity (Wildman–Crippen MR) is 84.3 cm³/mol. The summed E-state index contributed by atoms with van der Waals surface area (Å²) in [6, 6.07) is 3.88. The third-order valence-corrected chi connectivity index (χ3v) is 4.22. The van der Waals surface area contributed by atoms with Gasteiger partial charge in [-0.2, -0.15) is 0 Å². The van der Waals surface area contributed by atoms with E-state index in [9.17, 15) is 0 Å². The van der Waals surface area contributed by atoms with Gasteiger partial charge in [0.15, 0.2) is 0 Å². The summed E-state index contributed by atoms with van der Waals surface area (Å²) < 4.78 is 5.84. The molecule has 110 valence electrons. The van der Waals surface area contributed by atoms with Crippen LogP contribution in [0.15, 0.2) is 18.3 Å². The number of methoxy groups -OCH3 is 1. The number of aryl methyl sites for hydroxylation is 1. The van der Waals surface area contributed by atoms with Crippen LogP contribution >= 0.6 is 12.2 Å². The van der Waals surface area contributed by atoms with Crippen molar-refractivity contribution < 1.29 is 4.74 Å². The average molecular weight is 301 g/mol. The van der Waals surface area contributed by atoms with Gasteiger partial charge in [0.25, 0.3) is 0 Å². The molecule has 0 aromatic carbocycles. The highest BCUT2D eigenvalue weighted by Gasteiger charge is 2.12. The van der Waals surface area contributed by atoms with Gasteiger partial charge in [-0.05, 0) is 31.2 Å². The average Bonchev–Trinajstić information content (AvgIpc) is 2.74. The van der Waals surface area contributed by atoms with Crippen LogP contribution in [0.25, 0.3) is 0 Å². The zero-order valence-electron chi connectivity index (χ0n) is 12.2. The molecule has 0 amide bonds. The molecule has 0 spiro atoms. The molecule has 0 aliphatic heterocycles. The molecule has 2 heterocycles. The second-order valence-corrected chi connectivity index (χ2v) is 5.78. The first kappa shape index (κ1) is 14.2. The van der Waals surface area contributed by atoms with E-state index in [1.165, 1.54) is 30.5 Å².